The third kappa shape index (κ3) is 2.95. The quantitative estimate of drug-likeness (QED) is 0.940. The molecule has 112 valence electrons. The molecule has 1 saturated heterocycles. The molecule has 4 nitrogen and oxygen atoms in total. The summed E-state index contributed by atoms with van der Waals surface area (Å²) in [6.45, 7) is 5.70. The molecule has 0 saturated carbocycles. The zero-order valence-corrected chi connectivity index (χ0v) is 12.5. The van der Waals surface area contributed by atoms with E-state index in [4.69, 9.17) is 4.42 Å². The van der Waals surface area contributed by atoms with Gasteiger partial charge in [0.05, 0.1) is 5.56 Å². The molecule has 1 fully saturated rings. The summed E-state index contributed by atoms with van der Waals surface area (Å²) >= 11 is 0. The number of benzene rings is 1. The molecule has 3 rings (SSSR count). The van der Waals surface area contributed by atoms with Gasteiger partial charge in [-0.15, -0.1) is 0 Å². The maximum atomic E-state index is 12.8. The second-order valence-corrected chi connectivity index (χ2v) is 5.70. The number of para-hydroxylation sites is 1. The summed E-state index contributed by atoms with van der Waals surface area (Å²) in [7, 11) is 0. The number of furan rings is 1. The predicted octanol–water partition coefficient (Wildman–Crippen LogP) is 2.89. The standard InChI is InChI=1S/C17H22N2O2/c1-2-19(11-13-6-5-9-18-10-13)17(20)15-12-21-16-8-4-3-7-14(15)16/h3-4,7-8,12-13,18H,2,5-6,9-11H2,1H3. The Kier molecular flexibility index (Phi) is 4.25. The highest BCUT2D eigenvalue weighted by molar-refractivity contribution is 6.05. The van der Waals surface area contributed by atoms with Gasteiger partial charge in [0.15, 0.2) is 0 Å². The van der Waals surface area contributed by atoms with Crippen LogP contribution in [0.15, 0.2) is 34.9 Å². The first-order chi connectivity index (χ1) is 10.3. The molecule has 1 N–H and O–H groups in total. The van der Waals surface area contributed by atoms with Crippen LogP contribution < -0.4 is 5.32 Å². The number of carbonyl (C=O) groups is 1. The number of hydrogen-bond donors (Lipinski definition) is 1. The van der Waals surface area contributed by atoms with Crippen LogP contribution in [0.25, 0.3) is 11.0 Å². The third-order valence-electron chi connectivity index (χ3n) is 4.26. The van der Waals surface area contributed by atoms with Crippen LogP contribution in [0.3, 0.4) is 0 Å². The number of piperidine rings is 1. The lowest BCUT2D eigenvalue weighted by Crippen LogP contribution is -2.40. The van der Waals surface area contributed by atoms with Gasteiger partial charge < -0.3 is 14.6 Å². The molecule has 0 bridgehead atoms. The Morgan fingerprint density at radius 3 is 3.05 bits per heavy atom. The van der Waals surface area contributed by atoms with Crippen molar-refractivity contribution in [2.45, 2.75) is 19.8 Å². The predicted molar refractivity (Wildman–Crippen MR) is 83.4 cm³/mol. The number of hydrogen-bond acceptors (Lipinski definition) is 3. The molecule has 1 aromatic heterocycles. The average Bonchev–Trinajstić information content (AvgIpc) is 2.97. The van der Waals surface area contributed by atoms with E-state index in [0.717, 1.165) is 37.1 Å². The van der Waals surface area contributed by atoms with Crippen molar-refractivity contribution >= 4 is 16.9 Å². The summed E-state index contributed by atoms with van der Waals surface area (Å²) in [6.07, 6.45) is 3.99. The van der Waals surface area contributed by atoms with Crippen LogP contribution in [0.2, 0.25) is 0 Å². The Morgan fingerprint density at radius 2 is 2.29 bits per heavy atom. The normalized spacial score (nSPS) is 18.8. The highest BCUT2D eigenvalue weighted by Crippen LogP contribution is 2.23. The van der Waals surface area contributed by atoms with E-state index in [-0.39, 0.29) is 5.91 Å². The Morgan fingerprint density at radius 1 is 1.43 bits per heavy atom. The largest absolute Gasteiger partial charge is 0.463 e. The van der Waals surface area contributed by atoms with Crippen LogP contribution in [-0.4, -0.2) is 37.0 Å². The van der Waals surface area contributed by atoms with Crippen molar-refractivity contribution in [2.75, 3.05) is 26.2 Å². The van der Waals surface area contributed by atoms with Crippen LogP contribution in [0.1, 0.15) is 30.1 Å². The first-order valence-corrected chi connectivity index (χ1v) is 7.75. The molecule has 1 unspecified atom stereocenters. The summed E-state index contributed by atoms with van der Waals surface area (Å²) in [5.74, 6) is 0.633. The molecule has 1 aliphatic rings. The van der Waals surface area contributed by atoms with Crippen molar-refractivity contribution in [3.8, 4) is 0 Å². The Balaban J connectivity index is 1.78. The van der Waals surface area contributed by atoms with Crippen molar-refractivity contribution in [1.82, 2.24) is 10.2 Å². The van der Waals surface area contributed by atoms with Gasteiger partial charge in [-0.05, 0) is 44.8 Å². The summed E-state index contributed by atoms with van der Waals surface area (Å²) in [5, 5.41) is 4.32. The van der Waals surface area contributed by atoms with E-state index in [1.807, 2.05) is 36.1 Å². The summed E-state index contributed by atoms with van der Waals surface area (Å²) in [5.41, 5.74) is 1.45. The number of amides is 1. The van der Waals surface area contributed by atoms with Crippen LogP contribution in [0, 0.1) is 5.92 Å². The third-order valence-corrected chi connectivity index (χ3v) is 4.26. The maximum absolute atomic E-state index is 12.8. The molecule has 0 radical (unpaired) electrons. The zero-order valence-electron chi connectivity index (χ0n) is 12.5. The van der Waals surface area contributed by atoms with Crippen LogP contribution >= 0.6 is 0 Å². The van der Waals surface area contributed by atoms with E-state index in [0.29, 0.717) is 11.5 Å². The van der Waals surface area contributed by atoms with Gasteiger partial charge in [-0.25, -0.2) is 0 Å². The molecule has 1 atom stereocenters. The van der Waals surface area contributed by atoms with Crippen LogP contribution in [-0.2, 0) is 0 Å². The van der Waals surface area contributed by atoms with Gasteiger partial charge in [0.2, 0.25) is 0 Å². The average molecular weight is 286 g/mol. The van der Waals surface area contributed by atoms with Gasteiger partial charge in [0.1, 0.15) is 11.8 Å². The monoisotopic (exact) mass is 286 g/mol. The van der Waals surface area contributed by atoms with Gasteiger partial charge in [0, 0.05) is 18.5 Å². The molecule has 2 heterocycles. The maximum Gasteiger partial charge on any atom is 0.257 e. The number of carbonyl (C=O) groups excluding carboxylic acids is 1. The fourth-order valence-corrected chi connectivity index (χ4v) is 3.06. The number of rotatable bonds is 4. The smallest absolute Gasteiger partial charge is 0.257 e. The summed E-state index contributed by atoms with van der Waals surface area (Å²) < 4.78 is 5.49. The van der Waals surface area contributed by atoms with Crippen molar-refractivity contribution in [2.24, 2.45) is 5.92 Å². The lowest BCUT2D eigenvalue weighted by molar-refractivity contribution is 0.0730. The molecule has 0 aliphatic carbocycles. The van der Waals surface area contributed by atoms with E-state index in [1.165, 1.54) is 12.8 Å². The summed E-state index contributed by atoms with van der Waals surface area (Å²) in [4.78, 5) is 14.7. The second kappa shape index (κ2) is 6.31. The molecular formula is C17H22N2O2. The van der Waals surface area contributed by atoms with Gasteiger partial charge in [-0.2, -0.15) is 0 Å². The van der Waals surface area contributed by atoms with E-state index >= 15 is 0 Å². The lowest BCUT2D eigenvalue weighted by Gasteiger charge is -2.29. The van der Waals surface area contributed by atoms with Gasteiger partial charge in [0.25, 0.3) is 5.91 Å². The number of nitrogens with one attached hydrogen (secondary N) is 1. The minimum atomic E-state index is 0.0769. The van der Waals surface area contributed by atoms with Gasteiger partial charge in [-0.3, -0.25) is 4.79 Å². The molecule has 1 aliphatic heterocycles. The molecule has 2 aromatic rings. The van der Waals surface area contributed by atoms with E-state index < -0.39 is 0 Å². The van der Waals surface area contributed by atoms with E-state index in [9.17, 15) is 4.79 Å². The van der Waals surface area contributed by atoms with Crippen molar-refractivity contribution in [3.63, 3.8) is 0 Å². The van der Waals surface area contributed by atoms with Crippen LogP contribution in [0.5, 0.6) is 0 Å². The van der Waals surface area contributed by atoms with Crippen molar-refractivity contribution in [1.29, 1.82) is 0 Å². The van der Waals surface area contributed by atoms with Crippen LogP contribution in [0.4, 0.5) is 0 Å². The molecule has 0 spiro atoms. The van der Waals surface area contributed by atoms with Gasteiger partial charge >= 0.3 is 0 Å². The Labute approximate surface area is 125 Å². The highest BCUT2D eigenvalue weighted by atomic mass is 16.3. The Bertz CT molecular complexity index is 614. The zero-order chi connectivity index (χ0) is 14.7. The summed E-state index contributed by atoms with van der Waals surface area (Å²) in [6, 6.07) is 7.71. The number of nitrogens with zero attached hydrogens (tertiary/aromatic N) is 1. The Hall–Kier alpha value is -1.81. The van der Waals surface area contributed by atoms with Crippen molar-refractivity contribution < 1.29 is 9.21 Å². The minimum absolute atomic E-state index is 0.0769. The highest BCUT2D eigenvalue weighted by Gasteiger charge is 2.23. The molecule has 21 heavy (non-hydrogen) atoms. The topological polar surface area (TPSA) is 45.5 Å². The molecule has 4 heteroatoms. The fourth-order valence-electron chi connectivity index (χ4n) is 3.06. The molecule has 1 amide bonds. The first-order valence-electron chi connectivity index (χ1n) is 7.75. The lowest BCUT2D eigenvalue weighted by atomic mass is 9.98. The van der Waals surface area contributed by atoms with Gasteiger partial charge in [-0.1, -0.05) is 18.2 Å². The van der Waals surface area contributed by atoms with Crippen molar-refractivity contribution in [3.05, 3.63) is 36.1 Å². The molecular weight excluding hydrogens is 264 g/mol. The minimum Gasteiger partial charge on any atom is -0.463 e. The van der Waals surface area contributed by atoms with E-state index in [2.05, 4.69) is 5.32 Å². The fraction of sp³-hybridized carbons (Fsp3) is 0.471. The number of fused-ring (bicyclic) bond motifs is 1. The second-order valence-electron chi connectivity index (χ2n) is 5.70. The SMILES string of the molecule is CCN(CC1CCCNC1)C(=O)c1coc2ccccc12. The first kappa shape index (κ1) is 14.1. The van der Waals surface area contributed by atoms with E-state index in [1.54, 1.807) is 6.26 Å². The molecule has 1 aromatic carbocycles.